The van der Waals surface area contributed by atoms with E-state index in [1.54, 1.807) is 29.3 Å². The van der Waals surface area contributed by atoms with Crippen LogP contribution in [0.15, 0.2) is 137 Å². The van der Waals surface area contributed by atoms with Gasteiger partial charge in [-0.15, -0.1) is 11.8 Å². The van der Waals surface area contributed by atoms with E-state index in [-0.39, 0.29) is 23.0 Å². The first-order valence-electron chi connectivity index (χ1n) is 20.2. The lowest BCUT2D eigenvalue weighted by Gasteiger charge is -2.22. The summed E-state index contributed by atoms with van der Waals surface area (Å²) >= 11 is 1.61. The maximum atomic E-state index is 13.5. The number of H-pyrrole nitrogens is 1. The molecule has 2 aromatic heterocycles. The number of sulfonamides is 1. The number of hydrogen-bond acceptors (Lipinski definition) is 10. The summed E-state index contributed by atoms with van der Waals surface area (Å²) in [4.78, 5) is 40.2. The van der Waals surface area contributed by atoms with Gasteiger partial charge in [0.05, 0.1) is 27.6 Å². The van der Waals surface area contributed by atoms with Crippen LogP contribution in [0.2, 0.25) is 0 Å². The minimum absolute atomic E-state index is 0.0361. The number of pyridine rings is 1. The van der Waals surface area contributed by atoms with Gasteiger partial charge in [0, 0.05) is 45.8 Å². The number of rotatable bonds is 19. The fourth-order valence-electron chi connectivity index (χ4n) is 7.39. The molecule has 1 atom stereocenters. The number of carbonyl (C=O) groups excluding carboxylic acids is 1. The number of benzene rings is 5. The normalized spacial score (nSPS) is 12.1. The number of hydrogen-bond donors (Lipinski definition) is 4. The van der Waals surface area contributed by atoms with Crippen LogP contribution in [0.25, 0.3) is 27.5 Å². The number of fused-ring (bicyclic) bond motifs is 2. The largest absolute Gasteiger partial charge is 0.493 e. The van der Waals surface area contributed by atoms with Crippen LogP contribution in [0.5, 0.6) is 5.75 Å². The zero-order valence-electron chi connectivity index (χ0n) is 34.9. The van der Waals surface area contributed by atoms with Crippen molar-refractivity contribution < 1.29 is 37.3 Å². The third-order valence-corrected chi connectivity index (χ3v) is 13.1. The van der Waals surface area contributed by atoms with E-state index in [4.69, 9.17) is 4.74 Å². The van der Waals surface area contributed by atoms with E-state index < -0.39 is 37.4 Å². The molecule has 0 saturated carbocycles. The Kier molecular flexibility index (Phi) is 13.7. The minimum Gasteiger partial charge on any atom is -0.493 e. The predicted molar refractivity (Wildman–Crippen MR) is 244 cm³/mol. The van der Waals surface area contributed by atoms with Crippen molar-refractivity contribution >= 4 is 61.3 Å². The molecule has 324 valence electrons. The van der Waals surface area contributed by atoms with Gasteiger partial charge in [0.1, 0.15) is 11.4 Å². The molecule has 1 amide bonds. The van der Waals surface area contributed by atoms with Crippen LogP contribution in [0.4, 0.5) is 11.4 Å². The molecule has 7 rings (SSSR count). The summed E-state index contributed by atoms with van der Waals surface area (Å²) in [6.07, 6.45) is 1.64. The number of aromatic amines is 1. The number of nitro benzene ring substituents is 1. The number of thioether (sulfide) groups is 1. The van der Waals surface area contributed by atoms with Crippen LogP contribution in [0, 0.1) is 17.0 Å². The highest BCUT2D eigenvalue weighted by molar-refractivity contribution is 7.99. The maximum absolute atomic E-state index is 13.5. The molecule has 0 aliphatic rings. The number of carboxylic acids is 1. The second-order valence-corrected chi connectivity index (χ2v) is 18.1. The van der Waals surface area contributed by atoms with Crippen LogP contribution in [0.3, 0.4) is 0 Å². The van der Waals surface area contributed by atoms with Gasteiger partial charge in [0.2, 0.25) is 11.2 Å². The molecule has 4 N–H and O–H groups in total. The van der Waals surface area contributed by atoms with Gasteiger partial charge in [-0.2, -0.15) is 5.10 Å². The van der Waals surface area contributed by atoms with Crippen LogP contribution in [0.1, 0.15) is 44.8 Å². The molecule has 0 fully saturated rings. The third-order valence-electron chi connectivity index (χ3n) is 10.6. The average molecular weight is 888 g/mol. The Morgan fingerprint density at radius 3 is 2.43 bits per heavy atom. The Balaban J connectivity index is 1.06. The van der Waals surface area contributed by atoms with Crippen molar-refractivity contribution in [2.45, 2.75) is 42.0 Å². The zero-order chi connectivity index (χ0) is 44.7. The standard InChI is InChI=1S/C47H46N6O8S2/c1-31-28-33(46(54)50-63(59,60)36-22-24-40(43(29-36)53(57)58)48-34(25-26-51(2)3)30-62-35-14-5-4-6-15-35)21-23-37(31)41-18-10-19-42-39(45(47(55)56)49-52(41)42)17-11-27-61-44-20-9-13-32-12-7-8-16-38(32)44/h4-10,12-16,18-24,28-29,34,48H,11,17,25-27,30H2,1-3H3,(H2,50,54,55,56)/p+1/t34-/m1/s1. The van der Waals surface area contributed by atoms with Gasteiger partial charge in [0.15, 0.2) is 5.69 Å². The Morgan fingerprint density at radius 2 is 1.68 bits per heavy atom. The number of aromatic carboxylic acids is 1. The molecule has 7 aromatic rings. The van der Waals surface area contributed by atoms with Crippen molar-refractivity contribution in [3.05, 3.63) is 160 Å². The fraction of sp³-hybridized carbons (Fsp3) is 0.213. The molecule has 16 heteroatoms. The molecular weight excluding hydrogens is 841 g/mol. The second-order valence-electron chi connectivity index (χ2n) is 15.3. The number of aryl methyl sites for hydroxylation is 2. The summed E-state index contributed by atoms with van der Waals surface area (Å²) in [5, 5.41) is 30.8. The first-order chi connectivity index (χ1) is 30.3. The van der Waals surface area contributed by atoms with Crippen LogP contribution < -0.4 is 19.3 Å². The Bertz CT molecular complexity index is 2920. The first-order valence-corrected chi connectivity index (χ1v) is 22.7. The van der Waals surface area contributed by atoms with E-state index in [1.165, 1.54) is 24.3 Å². The highest BCUT2D eigenvalue weighted by atomic mass is 32.2. The van der Waals surface area contributed by atoms with Crippen molar-refractivity contribution in [1.29, 1.82) is 0 Å². The van der Waals surface area contributed by atoms with Gasteiger partial charge in [-0.1, -0.05) is 59.1 Å². The van der Waals surface area contributed by atoms with Gasteiger partial charge in [-0.3, -0.25) is 14.9 Å². The molecule has 0 bridgehead atoms. The summed E-state index contributed by atoms with van der Waals surface area (Å²) in [5.74, 6) is -0.676. The number of amides is 1. The summed E-state index contributed by atoms with van der Waals surface area (Å²) in [6, 6.07) is 37.1. The van der Waals surface area contributed by atoms with Gasteiger partial charge in [-0.05, 0) is 112 Å². The van der Waals surface area contributed by atoms with Gasteiger partial charge >= 0.3 is 5.97 Å². The number of nitro groups is 1. The average Bonchev–Trinajstić information content (AvgIpc) is 3.65. The Hall–Kier alpha value is -6.75. The molecule has 0 radical (unpaired) electrons. The van der Waals surface area contributed by atoms with Crippen LogP contribution in [-0.2, 0) is 16.4 Å². The van der Waals surface area contributed by atoms with Crippen molar-refractivity contribution in [2.24, 2.45) is 0 Å². The van der Waals surface area contributed by atoms with E-state index >= 15 is 0 Å². The number of nitrogens with zero attached hydrogens (tertiary/aromatic N) is 3. The maximum Gasteiger partial charge on any atom is 0.358 e. The van der Waals surface area contributed by atoms with Crippen molar-refractivity contribution in [1.82, 2.24) is 14.7 Å². The summed E-state index contributed by atoms with van der Waals surface area (Å²) in [6.45, 7) is 2.84. The van der Waals surface area contributed by atoms with Crippen molar-refractivity contribution in [3.8, 4) is 17.0 Å². The molecule has 5 aromatic carbocycles. The van der Waals surface area contributed by atoms with Crippen LogP contribution in [-0.4, -0.2) is 79.4 Å². The molecule has 0 aliphatic heterocycles. The number of carbonyl (C=O) groups is 2. The number of aromatic nitrogens is 2. The molecule has 2 heterocycles. The van der Waals surface area contributed by atoms with E-state index in [0.29, 0.717) is 59.5 Å². The first kappa shape index (κ1) is 44.3. The zero-order valence-corrected chi connectivity index (χ0v) is 36.5. The second kappa shape index (κ2) is 19.5. The summed E-state index contributed by atoms with van der Waals surface area (Å²) in [5.41, 5.74) is 2.97. The number of nitrogens with one attached hydrogen (secondary N) is 3. The number of ether oxygens (including phenoxy) is 1. The highest BCUT2D eigenvalue weighted by Crippen LogP contribution is 2.31. The van der Waals surface area contributed by atoms with Gasteiger partial charge in [0.25, 0.3) is 21.6 Å². The molecule has 14 nitrogen and oxygen atoms in total. The minimum atomic E-state index is -4.54. The summed E-state index contributed by atoms with van der Waals surface area (Å²) in [7, 11) is -0.659. The lowest BCUT2D eigenvalue weighted by Crippen LogP contribution is -2.31. The number of carboxylic acid groups (broad SMARTS) is 1. The van der Waals surface area contributed by atoms with Gasteiger partial charge < -0.3 is 20.1 Å². The quantitative estimate of drug-likeness (QED) is 0.0202. The van der Waals surface area contributed by atoms with Crippen LogP contribution >= 0.6 is 11.8 Å². The fourth-order valence-corrected chi connectivity index (χ4v) is 9.38. The van der Waals surface area contributed by atoms with Crippen molar-refractivity contribution in [3.63, 3.8) is 0 Å². The Labute approximate surface area is 369 Å². The van der Waals surface area contributed by atoms with Crippen molar-refractivity contribution in [2.75, 3.05) is 38.3 Å². The van der Waals surface area contributed by atoms with E-state index in [2.05, 4.69) is 15.1 Å². The molecule has 0 unspecified atom stereocenters. The summed E-state index contributed by atoms with van der Waals surface area (Å²) < 4.78 is 37.0. The lowest BCUT2D eigenvalue weighted by atomic mass is 10.0. The van der Waals surface area contributed by atoms with E-state index in [1.807, 2.05) is 110 Å². The predicted octanol–water partition coefficient (Wildman–Crippen LogP) is 8.14. The van der Waals surface area contributed by atoms with E-state index in [9.17, 15) is 33.2 Å². The number of anilines is 1. The molecule has 63 heavy (non-hydrogen) atoms. The SMILES string of the molecule is Cc1cc(C(=O)NS(=O)(=O)c2ccc(N[C@H](CCN(C)C)CSc3ccccc3)c([N+](=O)[O-])c2)ccc1-c1cccc2c(CCCOc3cccc4ccccc34)c(C(=O)O)[nH][n+]12. The molecular formula is C47H47N6O8S2+. The molecule has 0 aliphatic carbocycles. The lowest BCUT2D eigenvalue weighted by molar-refractivity contribution is -0.565. The molecule has 0 saturated heterocycles. The monoisotopic (exact) mass is 887 g/mol. The highest BCUT2D eigenvalue weighted by Gasteiger charge is 2.29. The Morgan fingerprint density at radius 1 is 0.937 bits per heavy atom. The molecule has 0 spiro atoms. The van der Waals surface area contributed by atoms with E-state index in [0.717, 1.165) is 34.0 Å². The smallest absolute Gasteiger partial charge is 0.358 e. The third kappa shape index (κ3) is 10.5. The van der Waals surface area contributed by atoms with Gasteiger partial charge in [-0.25, -0.2) is 17.9 Å². The topological polar surface area (TPSA) is 188 Å².